The van der Waals surface area contributed by atoms with Gasteiger partial charge in [-0.05, 0) is 24.3 Å². The minimum absolute atomic E-state index is 0.0735. The summed E-state index contributed by atoms with van der Waals surface area (Å²) in [4.78, 5) is 23.8. The van der Waals surface area contributed by atoms with Crippen LogP contribution < -0.4 is 0 Å². The molecule has 2 heterocycles. The Kier molecular flexibility index (Phi) is 5.00. The van der Waals surface area contributed by atoms with Crippen LogP contribution in [0.15, 0.2) is 80.0 Å². The van der Waals surface area contributed by atoms with Crippen LogP contribution in [0.25, 0.3) is 22.3 Å². The average molecular weight is 329 g/mol. The van der Waals surface area contributed by atoms with E-state index in [0.29, 0.717) is 24.3 Å². The van der Waals surface area contributed by atoms with Gasteiger partial charge in [-0.1, -0.05) is 36.4 Å². The number of amides is 1. The van der Waals surface area contributed by atoms with E-state index in [2.05, 4.69) is 23.1 Å². The van der Waals surface area contributed by atoms with Gasteiger partial charge in [0.25, 0.3) is 5.91 Å². The van der Waals surface area contributed by atoms with Crippen molar-refractivity contribution in [1.29, 1.82) is 0 Å². The molecule has 0 radical (unpaired) electrons. The van der Waals surface area contributed by atoms with Gasteiger partial charge in [0.2, 0.25) is 0 Å². The Hall–Kier alpha value is -3.27. The molecule has 0 aliphatic heterocycles. The molecule has 4 nitrogen and oxygen atoms in total. The average Bonchev–Trinajstić information content (AvgIpc) is 2.67. The summed E-state index contributed by atoms with van der Waals surface area (Å²) >= 11 is 0. The van der Waals surface area contributed by atoms with E-state index in [1.165, 1.54) is 0 Å². The van der Waals surface area contributed by atoms with E-state index in [0.717, 1.165) is 16.6 Å². The van der Waals surface area contributed by atoms with Crippen molar-refractivity contribution in [2.24, 2.45) is 0 Å². The number of hydrogen-bond acceptors (Lipinski definition) is 3. The lowest BCUT2D eigenvalue weighted by molar-refractivity contribution is 0.0793. The molecule has 2 aromatic heterocycles. The molecular formula is C21H19N3O. The Morgan fingerprint density at radius 2 is 1.72 bits per heavy atom. The number of benzene rings is 1. The summed E-state index contributed by atoms with van der Waals surface area (Å²) in [7, 11) is 0. The summed E-state index contributed by atoms with van der Waals surface area (Å²) in [6.07, 6.45) is 5.14. The molecular weight excluding hydrogens is 310 g/mol. The minimum Gasteiger partial charge on any atom is -0.331 e. The molecule has 4 heteroatoms. The summed E-state index contributed by atoms with van der Waals surface area (Å²) in [5.74, 6) is -0.0735. The third-order valence-corrected chi connectivity index (χ3v) is 3.86. The van der Waals surface area contributed by atoms with Gasteiger partial charge in [-0.2, -0.15) is 0 Å². The van der Waals surface area contributed by atoms with Crippen LogP contribution in [0.4, 0.5) is 0 Å². The highest BCUT2D eigenvalue weighted by atomic mass is 16.2. The Morgan fingerprint density at radius 3 is 2.40 bits per heavy atom. The first kappa shape index (κ1) is 16.6. The van der Waals surface area contributed by atoms with Gasteiger partial charge in [-0.25, -0.2) is 4.98 Å². The van der Waals surface area contributed by atoms with Gasteiger partial charge in [0, 0.05) is 24.7 Å². The monoisotopic (exact) mass is 329 g/mol. The topological polar surface area (TPSA) is 46.1 Å². The van der Waals surface area contributed by atoms with Gasteiger partial charge in [-0.15, -0.1) is 13.2 Å². The van der Waals surface area contributed by atoms with E-state index in [1.54, 1.807) is 23.2 Å². The fourth-order valence-electron chi connectivity index (χ4n) is 2.72. The third-order valence-electron chi connectivity index (χ3n) is 3.86. The molecule has 124 valence electrons. The van der Waals surface area contributed by atoms with Crippen LogP contribution >= 0.6 is 0 Å². The normalized spacial score (nSPS) is 10.4. The van der Waals surface area contributed by atoms with Gasteiger partial charge >= 0.3 is 0 Å². The second-order valence-electron chi connectivity index (χ2n) is 5.57. The Morgan fingerprint density at radius 1 is 1.00 bits per heavy atom. The summed E-state index contributed by atoms with van der Waals surface area (Å²) in [5.41, 5.74) is 2.79. The van der Waals surface area contributed by atoms with E-state index >= 15 is 0 Å². The number of aromatic nitrogens is 2. The van der Waals surface area contributed by atoms with E-state index in [4.69, 9.17) is 0 Å². The van der Waals surface area contributed by atoms with Crippen LogP contribution in [0.3, 0.4) is 0 Å². The predicted octanol–water partition coefficient (Wildman–Crippen LogP) is 4.11. The van der Waals surface area contributed by atoms with E-state index in [9.17, 15) is 4.79 Å². The molecule has 0 fully saturated rings. The lowest BCUT2D eigenvalue weighted by Crippen LogP contribution is -2.31. The number of hydrogen-bond donors (Lipinski definition) is 0. The Bertz CT molecular complexity index is 909. The van der Waals surface area contributed by atoms with Crippen molar-refractivity contribution in [3.63, 3.8) is 0 Å². The molecule has 3 rings (SSSR count). The summed E-state index contributed by atoms with van der Waals surface area (Å²) in [5, 5.41) is 0.824. The predicted molar refractivity (Wildman–Crippen MR) is 101 cm³/mol. The lowest BCUT2D eigenvalue weighted by Gasteiger charge is -2.20. The summed E-state index contributed by atoms with van der Waals surface area (Å²) < 4.78 is 0. The van der Waals surface area contributed by atoms with Crippen LogP contribution in [0, 0.1) is 0 Å². The molecule has 0 saturated heterocycles. The molecule has 0 saturated carbocycles. The largest absolute Gasteiger partial charge is 0.331 e. The molecule has 1 amide bonds. The van der Waals surface area contributed by atoms with Gasteiger partial charge in [0.1, 0.15) is 0 Å². The number of fused-ring (bicyclic) bond motifs is 1. The second-order valence-corrected chi connectivity index (χ2v) is 5.57. The van der Waals surface area contributed by atoms with E-state index < -0.39 is 0 Å². The smallest absolute Gasteiger partial charge is 0.255 e. The van der Waals surface area contributed by atoms with Crippen molar-refractivity contribution >= 4 is 16.8 Å². The number of carbonyl (C=O) groups excluding carboxylic acids is 1. The SMILES string of the molecule is C=CCN(CC=C)C(=O)c1cc(-c2ccccn2)nc2ccccc12. The summed E-state index contributed by atoms with van der Waals surface area (Å²) in [6, 6.07) is 15.1. The van der Waals surface area contributed by atoms with Crippen LogP contribution in [0.2, 0.25) is 0 Å². The Labute approximate surface area is 147 Å². The fraction of sp³-hybridized carbons (Fsp3) is 0.0952. The Balaban J connectivity index is 2.17. The highest BCUT2D eigenvalue weighted by molar-refractivity contribution is 6.07. The van der Waals surface area contributed by atoms with Crippen molar-refractivity contribution in [1.82, 2.24) is 14.9 Å². The number of carbonyl (C=O) groups is 1. The molecule has 0 aliphatic rings. The lowest BCUT2D eigenvalue weighted by atomic mass is 10.0. The zero-order valence-electron chi connectivity index (χ0n) is 13.9. The zero-order valence-corrected chi connectivity index (χ0v) is 13.9. The van der Waals surface area contributed by atoms with Gasteiger partial charge in [0.15, 0.2) is 0 Å². The first-order valence-corrected chi connectivity index (χ1v) is 8.07. The van der Waals surface area contributed by atoms with Crippen LogP contribution in [0.5, 0.6) is 0 Å². The van der Waals surface area contributed by atoms with Crippen molar-refractivity contribution in [2.75, 3.05) is 13.1 Å². The van der Waals surface area contributed by atoms with Crippen molar-refractivity contribution < 1.29 is 4.79 Å². The maximum absolute atomic E-state index is 13.1. The molecule has 0 unspecified atom stereocenters. The van der Waals surface area contributed by atoms with E-state index in [1.807, 2.05) is 48.5 Å². The van der Waals surface area contributed by atoms with Gasteiger partial charge < -0.3 is 4.90 Å². The molecule has 25 heavy (non-hydrogen) atoms. The second kappa shape index (κ2) is 7.53. The standard InChI is InChI=1S/C21H19N3O/c1-3-13-24(14-4-2)21(25)17-15-20(19-11-7-8-12-22-19)23-18-10-6-5-9-16(17)18/h3-12,15H,1-2,13-14H2. The maximum atomic E-state index is 13.1. The maximum Gasteiger partial charge on any atom is 0.255 e. The molecule has 0 atom stereocenters. The van der Waals surface area contributed by atoms with Crippen molar-refractivity contribution in [2.45, 2.75) is 0 Å². The molecule has 0 aliphatic carbocycles. The quantitative estimate of drug-likeness (QED) is 0.639. The number of para-hydroxylation sites is 1. The van der Waals surface area contributed by atoms with Crippen LogP contribution in [-0.4, -0.2) is 33.9 Å². The number of pyridine rings is 2. The van der Waals surface area contributed by atoms with Crippen LogP contribution in [0.1, 0.15) is 10.4 Å². The van der Waals surface area contributed by atoms with Gasteiger partial charge in [0.05, 0.1) is 22.5 Å². The highest BCUT2D eigenvalue weighted by Crippen LogP contribution is 2.24. The number of nitrogens with zero attached hydrogens (tertiary/aromatic N) is 3. The molecule has 3 aromatic rings. The van der Waals surface area contributed by atoms with E-state index in [-0.39, 0.29) is 5.91 Å². The van der Waals surface area contributed by atoms with Crippen molar-refractivity contribution in [3.8, 4) is 11.4 Å². The first-order chi connectivity index (χ1) is 12.2. The molecule has 0 N–H and O–H groups in total. The molecule has 0 spiro atoms. The highest BCUT2D eigenvalue weighted by Gasteiger charge is 2.18. The summed E-state index contributed by atoms with van der Waals surface area (Å²) in [6.45, 7) is 8.39. The minimum atomic E-state index is -0.0735. The molecule has 0 bridgehead atoms. The fourth-order valence-corrected chi connectivity index (χ4v) is 2.72. The molecule has 1 aromatic carbocycles. The third kappa shape index (κ3) is 3.48. The first-order valence-electron chi connectivity index (χ1n) is 8.07. The van der Waals surface area contributed by atoms with Crippen molar-refractivity contribution in [3.05, 3.63) is 85.6 Å². The number of rotatable bonds is 6. The van der Waals surface area contributed by atoms with Gasteiger partial charge in [-0.3, -0.25) is 9.78 Å². The zero-order chi connectivity index (χ0) is 17.6. The van der Waals surface area contributed by atoms with Crippen LogP contribution in [-0.2, 0) is 0 Å².